The van der Waals surface area contributed by atoms with Crippen molar-refractivity contribution in [3.05, 3.63) is 34.4 Å². The van der Waals surface area contributed by atoms with Gasteiger partial charge in [0.05, 0.1) is 0 Å². The molecule has 2 rings (SSSR count). The number of rotatable bonds is 6. The summed E-state index contributed by atoms with van der Waals surface area (Å²) in [6.07, 6.45) is 3.49. The maximum absolute atomic E-state index is 9.05. The average Bonchev–Trinajstić information content (AvgIpc) is 3.03. The van der Waals surface area contributed by atoms with Crippen molar-refractivity contribution in [2.75, 3.05) is 13.2 Å². The van der Waals surface area contributed by atoms with E-state index in [1.807, 2.05) is 0 Å². The first-order chi connectivity index (χ1) is 8.56. The van der Waals surface area contributed by atoms with Gasteiger partial charge in [-0.3, -0.25) is 0 Å². The summed E-state index contributed by atoms with van der Waals surface area (Å²) in [4.78, 5) is 0. The largest absolute Gasteiger partial charge is 0.396 e. The molecule has 0 bridgehead atoms. The van der Waals surface area contributed by atoms with Crippen LogP contribution in [-0.2, 0) is 6.54 Å². The number of nitrogens with one attached hydrogen (secondary N) is 1. The lowest BCUT2D eigenvalue weighted by molar-refractivity contribution is 0.245. The van der Waals surface area contributed by atoms with Crippen molar-refractivity contribution in [3.63, 3.8) is 0 Å². The standard InChI is InChI=1S/C16H25NO/c1-12-8-13(2)15(14(3)9-12)10-17-11-16(4-5-16)6-7-18/h8-9,17-18H,4-7,10-11H2,1-3H3. The van der Waals surface area contributed by atoms with Gasteiger partial charge < -0.3 is 10.4 Å². The molecule has 100 valence electrons. The van der Waals surface area contributed by atoms with E-state index in [0.29, 0.717) is 12.0 Å². The van der Waals surface area contributed by atoms with Gasteiger partial charge in [-0.2, -0.15) is 0 Å². The van der Waals surface area contributed by atoms with Gasteiger partial charge in [-0.1, -0.05) is 17.7 Å². The van der Waals surface area contributed by atoms with E-state index in [1.165, 1.54) is 35.1 Å². The molecule has 2 nitrogen and oxygen atoms in total. The van der Waals surface area contributed by atoms with Crippen LogP contribution in [-0.4, -0.2) is 18.3 Å². The smallest absolute Gasteiger partial charge is 0.0436 e. The molecule has 18 heavy (non-hydrogen) atoms. The van der Waals surface area contributed by atoms with E-state index in [9.17, 15) is 0 Å². The molecule has 0 amide bonds. The normalized spacial score (nSPS) is 16.9. The summed E-state index contributed by atoms with van der Waals surface area (Å²) in [5.74, 6) is 0. The first kappa shape index (κ1) is 13.6. The molecule has 0 atom stereocenters. The predicted molar refractivity (Wildman–Crippen MR) is 75.7 cm³/mol. The van der Waals surface area contributed by atoms with Crippen LogP contribution in [0.2, 0.25) is 0 Å². The van der Waals surface area contributed by atoms with Gasteiger partial charge in [-0.15, -0.1) is 0 Å². The van der Waals surface area contributed by atoms with Crippen molar-refractivity contribution in [1.29, 1.82) is 0 Å². The second kappa shape index (κ2) is 5.41. The number of aliphatic hydroxyl groups excluding tert-OH is 1. The first-order valence-corrected chi connectivity index (χ1v) is 6.95. The first-order valence-electron chi connectivity index (χ1n) is 6.95. The van der Waals surface area contributed by atoms with Gasteiger partial charge in [0.1, 0.15) is 0 Å². The fraction of sp³-hybridized carbons (Fsp3) is 0.625. The Morgan fingerprint density at radius 3 is 2.28 bits per heavy atom. The summed E-state index contributed by atoms with van der Waals surface area (Å²) in [6, 6.07) is 4.51. The topological polar surface area (TPSA) is 32.3 Å². The van der Waals surface area contributed by atoms with Gasteiger partial charge in [0.15, 0.2) is 0 Å². The Balaban J connectivity index is 1.91. The minimum absolute atomic E-state index is 0.324. The van der Waals surface area contributed by atoms with E-state index in [4.69, 9.17) is 5.11 Å². The highest BCUT2D eigenvalue weighted by Crippen LogP contribution is 2.47. The van der Waals surface area contributed by atoms with E-state index < -0.39 is 0 Å². The molecule has 0 heterocycles. The van der Waals surface area contributed by atoms with E-state index in [-0.39, 0.29) is 0 Å². The summed E-state index contributed by atoms with van der Waals surface area (Å²) >= 11 is 0. The lowest BCUT2D eigenvalue weighted by Crippen LogP contribution is -2.25. The molecule has 1 aromatic rings. The second-order valence-corrected chi connectivity index (χ2v) is 5.95. The summed E-state index contributed by atoms with van der Waals surface area (Å²) in [5.41, 5.74) is 5.94. The van der Waals surface area contributed by atoms with Gasteiger partial charge >= 0.3 is 0 Å². The third-order valence-corrected chi connectivity index (χ3v) is 4.24. The molecule has 1 saturated carbocycles. The van der Waals surface area contributed by atoms with Crippen molar-refractivity contribution < 1.29 is 5.11 Å². The highest BCUT2D eigenvalue weighted by molar-refractivity contribution is 5.37. The molecule has 1 aliphatic carbocycles. The zero-order valence-electron chi connectivity index (χ0n) is 11.8. The maximum Gasteiger partial charge on any atom is 0.0436 e. The van der Waals surface area contributed by atoms with Crippen LogP contribution in [0.5, 0.6) is 0 Å². The summed E-state index contributed by atoms with van der Waals surface area (Å²) in [6.45, 7) is 8.85. The SMILES string of the molecule is Cc1cc(C)c(CNCC2(CCO)CC2)c(C)c1. The monoisotopic (exact) mass is 247 g/mol. The molecule has 0 aromatic heterocycles. The molecule has 0 aliphatic heterocycles. The Labute approximate surface area is 110 Å². The molecular weight excluding hydrogens is 222 g/mol. The van der Waals surface area contributed by atoms with Crippen molar-refractivity contribution in [2.45, 2.75) is 46.6 Å². The van der Waals surface area contributed by atoms with Gasteiger partial charge in [-0.25, -0.2) is 0 Å². The average molecular weight is 247 g/mol. The maximum atomic E-state index is 9.05. The van der Waals surface area contributed by atoms with Crippen LogP contribution in [0.4, 0.5) is 0 Å². The summed E-state index contributed by atoms with van der Waals surface area (Å²) in [7, 11) is 0. The van der Waals surface area contributed by atoms with Gasteiger partial charge in [-0.05, 0) is 62.1 Å². The van der Waals surface area contributed by atoms with E-state index >= 15 is 0 Å². The van der Waals surface area contributed by atoms with Crippen molar-refractivity contribution in [1.82, 2.24) is 5.32 Å². The van der Waals surface area contributed by atoms with Crippen LogP contribution in [0.25, 0.3) is 0 Å². The number of aryl methyl sites for hydroxylation is 3. The second-order valence-electron chi connectivity index (χ2n) is 5.95. The third kappa shape index (κ3) is 3.12. The zero-order chi connectivity index (χ0) is 13.2. The lowest BCUT2D eigenvalue weighted by atomic mass is 9.99. The van der Waals surface area contributed by atoms with Crippen molar-refractivity contribution in [2.24, 2.45) is 5.41 Å². The molecule has 0 radical (unpaired) electrons. The van der Waals surface area contributed by atoms with E-state index in [0.717, 1.165) is 19.5 Å². The van der Waals surface area contributed by atoms with Crippen LogP contribution in [0.15, 0.2) is 12.1 Å². The van der Waals surface area contributed by atoms with Gasteiger partial charge in [0.25, 0.3) is 0 Å². The Hall–Kier alpha value is -0.860. The van der Waals surface area contributed by atoms with E-state index in [1.54, 1.807) is 0 Å². The predicted octanol–water partition coefficient (Wildman–Crippen LogP) is 2.86. The summed E-state index contributed by atoms with van der Waals surface area (Å²) < 4.78 is 0. The molecular formula is C16H25NO. The molecule has 1 aliphatic rings. The quantitative estimate of drug-likeness (QED) is 0.810. The fourth-order valence-electron chi connectivity index (χ4n) is 2.87. The Morgan fingerprint density at radius 1 is 1.17 bits per heavy atom. The highest BCUT2D eigenvalue weighted by Gasteiger charge is 2.41. The van der Waals surface area contributed by atoms with Crippen LogP contribution >= 0.6 is 0 Å². The lowest BCUT2D eigenvalue weighted by Gasteiger charge is -2.17. The molecule has 0 unspecified atom stereocenters. The molecule has 2 N–H and O–H groups in total. The number of aliphatic hydroxyl groups is 1. The van der Waals surface area contributed by atoms with E-state index in [2.05, 4.69) is 38.2 Å². The molecule has 0 spiro atoms. The van der Waals surface area contributed by atoms with Crippen LogP contribution < -0.4 is 5.32 Å². The van der Waals surface area contributed by atoms with Gasteiger partial charge in [0.2, 0.25) is 0 Å². The highest BCUT2D eigenvalue weighted by atomic mass is 16.3. The summed E-state index contributed by atoms with van der Waals surface area (Å²) in [5, 5.41) is 12.6. The minimum atomic E-state index is 0.324. The number of hydrogen-bond donors (Lipinski definition) is 2. The molecule has 1 fully saturated rings. The van der Waals surface area contributed by atoms with Crippen LogP contribution in [0.3, 0.4) is 0 Å². The Morgan fingerprint density at radius 2 is 1.78 bits per heavy atom. The van der Waals surface area contributed by atoms with Crippen LogP contribution in [0, 0.1) is 26.2 Å². The fourth-order valence-corrected chi connectivity index (χ4v) is 2.87. The minimum Gasteiger partial charge on any atom is -0.396 e. The molecule has 0 saturated heterocycles. The van der Waals surface area contributed by atoms with Crippen molar-refractivity contribution in [3.8, 4) is 0 Å². The number of benzene rings is 1. The Kier molecular flexibility index (Phi) is 4.08. The molecule has 1 aromatic carbocycles. The third-order valence-electron chi connectivity index (χ3n) is 4.24. The van der Waals surface area contributed by atoms with Crippen LogP contribution in [0.1, 0.15) is 41.5 Å². The zero-order valence-corrected chi connectivity index (χ0v) is 11.8. The molecule has 2 heteroatoms. The van der Waals surface area contributed by atoms with Gasteiger partial charge in [0, 0.05) is 19.7 Å². The Bertz CT molecular complexity index is 398. The van der Waals surface area contributed by atoms with Crippen molar-refractivity contribution >= 4 is 0 Å². The number of hydrogen-bond acceptors (Lipinski definition) is 2.